The van der Waals surface area contributed by atoms with E-state index in [0.717, 1.165) is 41.1 Å². The molecule has 0 radical (unpaired) electrons. The lowest BCUT2D eigenvalue weighted by atomic mass is 9.84. The predicted molar refractivity (Wildman–Crippen MR) is 201 cm³/mol. The van der Waals surface area contributed by atoms with Crippen LogP contribution in [0.25, 0.3) is 0 Å². The summed E-state index contributed by atoms with van der Waals surface area (Å²) in [5, 5.41) is 27.5. The fourth-order valence-electron chi connectivity index (χ4n) is 6.76. The highest BCUT2D eigenvalue weighted by molar-refractivity contribution is 6.30. The summed E-state index contributed by atoms with van der Waals surface area (Å²) in [6.07, 6.45) is 0.767. The average Bonchev–Trinajstić information content (AvgIpc) is 3.17. The van der Waals surface area contributed by atoms with Crippen LogP contribution in [0.5, 0.6) is 11.5 Å². The van der Waals surface area contributed by atoms with Crippen LogP contribution in [-0.4, -0.2) is 46.9 Å². The van der Waals surface area contributed by atoms with Crippen LogP contribution in [0.1, 0.15) is 53.9 Å². The molecule has 4 N–H and O–H groups in total. The largest absolute Gasteiger partial charge is 0.457 e. The molecule has 3 atom stereocenters. The van der Waals surface area contributed by atoms with E-state index in [1.807, 2.05) is 103 Å². The van der Waals surface area contributed by atoms with E-state index in [4.69, 9.17) is 25.8 Å². The summed E-state index contributed by atoms with van der Waals surface area (Å²) in [7, 11) is 0. The third-order valence-electron chi connectivity index (χ3n) is 9.65. The van der Waals surface area contributed by atoms with Crippen molar-refractivity contribution in [2.45, 2.75) is 50.0 Å². The molecule has 0 bridgehead atoms. The summed E-state index contributed by atoms with van der Waals surface area (Å²) in [5.41, 5.74) is 3.82. The van der Waals surface area contributed by atoms with Crippen molar-refractivity contribution in [2.24, 2.45) is 0 Å². The maximum absolute atomic E-state index is 13.0. The number of aliphatic hydroxyl groups is 2. The molecular formula is C42H42ClN3O6. The Morgan fingerprint density at radius 2 is 1.48 bits per heavy atom. The Kier molecular flexibility index (Phi) is 11.2. The highest BCUT2D eigenvalue weighted by atomic mass is 35.5. The Labute approximate surface area is 308 Å². The zero-order valence-corrected chi connectivity index (χ0v) is 29.4. The molecule has 2 aliphatic heterocycles. The second-order valence-corrected chi connectivity index (χ2v) is 13.8. The van der Waals surface area contributed by atoms with Gasteiger partial charge in [-0.2, -0.15) is 0 Å². The van der Waals surface area contributed by atoms with Crippen molar-refractivity contribution in [3.63, 3.8) is 0 Å². The van der Waals surface area contributed by atoms with Crippen LogP contribution in [-0.2, 0) is 21.7 Å². The highest BCUT2D eigenvalue weighted by Gasteiger charge is 2.37. The van der Waals surface area contributed by atoms with Crippen LogP contribution in [0.2, 0.25) is 5.02 Å². The molecule has 10 heteroatoms. The number of nitrogens with zero attached hydrogens (tertiary/aromatic N) is 1. The van der Waals surface area contributed by atoms with Crippen LogP contribution >= 0.6 is 11.6 Å². The Bertz CT molecular complexity index is 1920. The monoisotopic (exact) mass is 719 g/mol. The number of hydrogen-bond acceptors (Lipinski definition) is 7. The SMILES string of the molecule is O=C(Nc1ccc(Oc2ccccc2)cc1)Nc1cccc([C@@H]2O[C@H](CN3CCC(O)(c4ccc(Cl)cc4)CC3)C[C@H](c3ccc(CO)cc3)O2)c1. The lowest BCUT2D eigenvalue weighted by Crippen LogP contribution is -2.46. The predicted octanol–water partition coefficient (Wildman–Crippen LogP) is 8.80. The van der Waals surface area contributed by atoms with Crippen molar-refractivity contribution < 1.29 is 29.2 Å². The van der Waals surface area contributed by atoms with Gasteiger partial charge in [0.15, 0.2) is 6.29 Å². The van der Waals surface area contributed by atoms with E-state index in [-0.39, 0.29) is 24.8 Å². The van der Waals surface area contributed by atoms with Crippen molar-refractivity contribution in [3.05, 3.63) is 155 Å². The molecule has 52 heavy (non-hydrogen) atoms. The van der Waals surface area contributed by atoms with Crippen molar-refractivity contribution in [3.8, 4) is 11.5 Å². The molecule has 2 aliphatic rings. The molecule has 2 amide bonds. The average molecular weight is 720 g/mol. The molecule has 0 unspecified atom stereocenters. The molecule has 5 aromatic carbocycles. The van der Waals surface area contributed by atoms with E-state index < -0.39 is 11.9 Å². The lowest BCUT2D eigenvalue weighted by molar-refractivity contribution is -0.253. The minimum absolute atomic E-state index is 0.0289. The summed E-state index contributed by atoms with van der Waals surface area (Å²) in [4.78, 5) is 15.3. The van der Waals surface area contributed by atoms with Gasteiger partial charge in [0, 0.05) is 48.0 Å². The van der Waals surface area contributed by atoms with Crippen molar-refractivity contribution in [2.75, 3.05) is 30.3 Å². The minimum Gasteiger partial charge on any atom is -0.457 e. The number of para-hydroxylation sites is 1. The number of carbonyl (C=O) groups excluding carboxylic acids is 1. The number of hydrogen-bond donors (Lipinski definition) is 4. The van der Waals surface area contributed by atoms with Crippen molar-refractivity contribution >= 4 is 29.0 Å². The summed E-state index contributed by atoms with van der Waals surface area (Å²) in [6.45, 7) is 2.09. The summed E-state index contributed by atoms with van der Waals surface area (Å²) in [5.74, 6) is 1.40. The molecule has 0 spiro atoms. The second kappa shape index (κ2) is 16.3. The highest BCUT2D eigenvalue weighted by Crippen LogP contribution is 2.40. The van der Waals surface area contributed by atoms with E-state index in [9.17, 15) is 15.0 Å². The number of carbonyl (C=O) groups is 1. The lowest BCUT2D eigenvalue weighted by Gasteiger charge is -2.42. The molecule has 268 valence electrons. The van der Waals surface area contributed by atoms with Gasteiger partial charge in [-0.3, -0.25) is 0 Å². The van der Waals surface area contributed by atoms with Crippen LogP contribution in [0.4, 0.5) is 16.2 Å². The maximum Gasteiger partial charge on any atom is 0.323 e. The zero-order chi connectivity index (χ0) is 35.9. The number of likely N-dealkylation sites (tertiary alicyclic amines) is 1. The first-order chi connectivity index (χ1) is 25.3. The summed E-state index contributed by atoms with van der Waals surface area (Å²) >= 11 is 6.09. The van der Waals surface area contributed by atoms with E-state index in [1.54, 1.807) is 24.3 Å². The van der Waals surface area contributed by atoms with Crippen LogP contribution < -0.4 is 15.4 Å². The Hall–Kier alpha value is -4.74. The normalized spacial score (nSPS) is 20.2. The second-order valence-electron chi connectivity index (χ2n) is 13.3. The van der Waals surface area contributed by atoms with Crippen LogP contribution in [0.15, 0.2) is 127 Å². The van der Waals surface area contributed by atoms with Gasteiger partial charge in [-0.25, -0.2) is 4.79 Å². The summed E-state index contributed by atoms with van der Waals surface area (Å²) < 4.78 is 19.0. The number of piperidine rings is 1. The molecule has 7 rings (SSSR count). The summed E-state index contributed by atoms with van der Waals surface area (Å²) in [6, 6.07) is 39.0. The van der Waals surface area contributed by atoms with Gasteiger partial charge in [0.2, 0.25) is 0 Å². The Morgan fingerprint density at radius 3 is 2.19 bits per heavy atom. The smallest absolute Gasteiger partial charge is 0.323 e. The minimum atomic E-state index is -0.892. The number of halogens is 1. The maximum atomic E-state index is 13.0. The molecular weight excluding hydrogens is 678 g/mol. The number of benzene rings is 5. The van der Waals surface area contributed by atoms with Crippen LogP contribution in [0.3, 0.4) is 0 Å². The molecule has 2 saturated heterocycles. The number of anilines is 2. The third kappa shape index (κ3) is 9.00. The van der Waals surface area contributed by atoms with Gasteiger partial charge >= 0.3 is 6.03 Å². The fraction of sp³-hybridized carbons (Fsp3) is 0.262. The van der Waals surface area contributed by atoms with Gasteiger partial charge < -0.3 is 40.0 Å². The van der Waals surface area contributed by atoms with Gasteiger partial charge in [-0.1, -0.05) is 78.3 Å². The standard InChI is InChI=1S/C42H42ClN3O6/c43-33-15-13-32(14-16-33)42(49)21-23-46(24-22-42)27-38-26-39(30-11-9-29(28-47)10-12-30)52-40(51-38)31-5-4-6-35(25-31)45-41(48)44-34-17-19-37(20-18-34)50-36-7-2-1-3-8-36/h1-20,25,38-40,47,49H,21-24,26-28H2,(H2,44,45,48)/t38-,39+,40+/m0/s1. The van der Waals surface area contributed by atoms with Crippen molar-refractivity contribution in [1.29, 1.82) is 0 Å². The van der Waals surface area contributed by atoms with E-state index in [0.29, 0.717) is 48.0 Å². The number of nitrogens with one attached hydrogen (secondary N) is 2. The zero-order valence-electron chi connectivity index (χ0n) is 28.7. The van der Waals surface area contributed by atoms with Crippen molar-refractivity contribution in [1.82, 2.24) is 4.90 Å². The molecule has 9 nitrogen and oxygen atoms in total. The van der Waals surface area contributed by atoms with E-state index >= 15 is 0 Å². The Morgan fingerprint density at radius 1 is 0.788 bits per heavy atom. The third-order valence-corrected chi connectivity index (χ3v) is 9.90. The number of aliphatic hydroxyl groups excluding tert-OH is 1. The molecule has 0 saturated carbocycles. The number of amides is 2. The first-order valence-corrected chi connectivity index (χ1v) is 17.9. The van der Waals surface area contributed by atoms with E-state index in [2.05, 4.69) is 15.5 Å². The fourth-order valence-corrected chi connectivity index (χ4v) is 6.89. The molecule has 5 aromatic rings. The topological polar surface area (TPSA) is 113 Å². The van der Waals surface area contributed by atoms with Gasteiger partial charge in [0.1, 0.15) is 11.5 Å². The molecule has 0 aliphatic carbocycles. The number of urea groups is 1. The molecule has 0 aromatic heterocycles. The Balaban J connectivity index is 1.01. The van der Waals surface area contributed by atoms with Gasteiger partial charge in [0.25, 0.3) is 0 Å². The van der Waals surface area contributed by atoms with Gasteiger partial charge in [-0.15, -0.1) is 0 Å². The molecule has 2 heterocycles. The first kappa shape index (κ1) is 35.7. The quantitative estimate of drug-likeness (QED) is 0.114. The number of ether oxygens (including phenoxy) is 3. The van der Waals surface area contributed by atoms with Crippen LogP contribution in [0, 0.1) is 0 Å². The molecule has 2 fully saturated rings. The number of rotatable bonds is 10. The van der Waals surface area contributed by atoms with Gasteiger partial charge in [-0.05, 0) is 90.2 Å². The first-order valence-electron chi connectivity index (χ1n) is 17.5. The van der Waals surface area contributed by atoms with E-state index in [1.165, 1.54) is 0 Å². The van der Waals surface area contributed by atoms with Gasteiger partial charge in [0.05, 0.1) is 24.4 Å².